The number of sulfonamides is 1. The Labute approximate surface area is 118 Å². The Balaban J connectivity index is 2.77. The van der Waals surface area contributed by atoms with Gasteiger partial charge in [-0.3, -0.25) is 4.79 Å². The summed E-state index contributed by atoms with van der Waals surface area (Å²) in [6, 6.07) is 2.99. The van der Waals surface area contributed by atoms with E-state index < -0.39 is 21.5 Å². The number of pyridine rings is 1. The quantitative estimate of drug-likeness (QED) is 0.694. The van der Waals surface area contributed by atoms with Crippen LogP contribution in [0.5, 0.6) is 0 Å². The highest BCUT2D eigenvalue weighted by molar-refractivity contribution is 7.89. The second kappa shape index (κ2) is 6.19. The predicted molar refractivity (Wildman–Crippen MR) is 75.1 cm³/mol. The van der Waals surface area contributed by atoms with Crippen LogP contribution in [-0.2, 0) is 14.8 Å². The van der Waals surface area contributed by atoms with Gasteiger partial charge < -0.3 is 10.4 Å². The van der Waals surface area contributed by atoms with Crippen molar-refractivity contribution in [2.45, 2.75) is 37.1 Å². The second-order valence-corrected chi connectivity index (χ2v) is 6.88. The standard InChI is InChI=1S/C12H19N3O4S/c1-12(2,7-6-11(16)17)15-10-5-4-9(8-14-10)20(18,19)13-3/h4-5,8,13H,6-7H2,1-3H3,(H,14,15)(H,16,17). The third-order valence-electron chi connectivity index (χ3n) is 2.75. The van der Waals surface area contributed by atoms with Gasteiger partial charge in [-0.05, 0) is 39.4 Å². The molecule has 0 bridgehead atoms. The predicted octanol–water partition coefficient (Wildman–Crippen LogP) is 1.04. The number of carbonyl (C=O) groups is 1. The summed E-state index contributed by atoms with van der Waals surface area (Å²) < 4.78 is 25.3. The Kier molecular flexibility index (Phi) is 5.07. The van der Waals surface area contributed by atoms with Gasteiger partial charge in [-0.1, -0.05) is 0 Å². The number of anilines is 1. The van der Waals surface area contributed by atoms with Crippen molar-refractivity contribution in [3.63, 3.8) is 0 Å². The third kappa shape index (κ3) is 4.78. The molecular weight excluding hydrogens is 282 g/mol. The van der Waals surface area contributed by atoms with Crippen LogP contribution >= 0.6 is 0 Å². The van der Waals surface area contributed by atoms with E-state index in [0.717, 1.165) is 0 Å². The molecule has 3 N–H and O–H groups in total. The lowest BCUT2D eigenvalue weighted by Gasteiger charge is -2.26. The lowest BCUT2D eigenvalue weighted by Crippen LogP contribution is -2.32. The number of rotatable bonds is 7. The molecule has 1 rings (SSSR count). The molecule has 0 aliphatic heterocycles. The Morgan fingerprint density at radius 1 is 1.40 bits per heavy atom. The van der Waals surface area contributed by atoms with E-state index in [0.29, 0.717) is 12.2 Å². The van der Waals surface area contributed by atoms with Gasteiger partial charge in [0.2, 0.25) is 10.0 Å². The van der Waals surface area contributed by atoms with Crippen molar-refractivity contribution in [2.24, 2.45) is 0 Å². The van der Waals surface area contributed by atoms with E-state index in [1.807, 2.05) is 13.8 Å². The van der Waals surface area contributed by atoms with Gasteiger partial charge in [-0.25, -0.2) is 18.1 Å². The molecule has 0 radical (unpaired) electrons. The molecule has 0 amide bonds. The van der Waals surface area contributed by atoms with E-state index in [1.165, 1.54) is 19.3 Å². The summed E-state index contributed by atoms with van der Waals surface area (Å²) in [6.45, 7) is 3.71. The highest BCUT2D eigenvalue weighted by Crippen LogP contribution is 2.19. The van der Waals surface area contributed by atoms with E-state index >= 15 is 0 Å². The van der Waals surface area contributed by atoms with E-state index in [-0.39, 0.29) is 11.3 Å². The minimum atomic E-state index is -3.50. The normalized spacial score (nSPS) is 12.2. The molecule has 0 aliphatic carbocycles. The number of hydrogen-bond donors (Lipinski definition) is 3. The van der Waals surface area contributed by atoms with Crippen LogP contribution < -0.4 is 10.0 Å². The molecule has 20 heavy (non-hydrogen) atoms. The van der Waals surface area contributed by atoms with Gasteiger partial charge in [0.1, 0.15) is 10.7 Å². The van der Waals surface area contributed by atoms with Crippen LogP contribution in [-0.4, -0.2) is 37.1 Å². The monoisotopic (exact) mass is 301 g/mol. The highest BCUT2D eigenvalue weighted by atomic mass is 32.2. The first-order chi connectivity index (χ1) is 9.16. The maximum Gasteiger partial charge on any atom is 0.303 e. The number of nitrogens with one attached hydrogen (secondary N) is 2. The maximum absolute atomic E-state index is 11.5. The molecule has 1 aromatic rings. The van der Waals surface area contributed by atoms with Crippen molar-refractivity contribution in [1.82, 2.24) is 9.71 Å². The molecule has 0 atom stereocenters. The van der Waals surface area contributed by atoms with Crippen molar-refractivity contribution in [3.8, 4) is 0 Å². The lowest BCUT2D eigenvalue weighted by molar-refractivity contribution is -0.137. The molecule has 0 aromatic carbocycles. The molecule has 0 spiro atoms. The van der Waals surface area contributed by atoms with E-state index in [9.17, 15) is 13.2 Å². The maximum atomic E-state index is 11.5. The van der Waals surface area contributed by atoms with Crippen LogP contribution in [0.3, 0.4) is 0 Å². The first-order valence-corrected chi connectivity index (χ1v) is 7.54. The van der Waals surface area contributed by atoms with Crippen LogP contribution in [0.2, 0.25) is 0 Å². The van der Waals surface area contributed by atoms with Crippen molar-refractivity contribution in [2.75, 3.05) is 12.4 Å². The van der Waals surface area contributed by atoms with Crippen LogP contribution in [0, 0.1) is 0 Å². The van der Waals surface area contributed by atoms with Gasteiger partial charge in [-0.2, -0.15) is 0 Å². The van der Waals surface area contributed by atoms with Crippen LogP contribution in [0.15, 0.2) is 23.2 Å². The first kappa shape index (κ1) is 16.4. The topological polar surface area (TPSA) is 108 Å². The SMILES string of the molecule is CNS(=O)(=O)c1ccc(NC(C)(C)CCC(=O)O)nc1. The van der Waals surface area contributed by atoms with Crippen molar-refractivity contribution < 1.29 is 18.3 Å². The molecule has 0 aliphatic rings. The highest BCUT2D eigenvalue weighted by Gasteiger charge is 2.20. The summed E-state index contributed by atoms with van der Waals surface area (Å²) in [5, 5.41) is 11.8. The molecule has 112 valence electrons. The number of carboxylic acids is 1. The van der Waals surface area contributed by atoms with E-state index in [4.69, 9.17) is 5.11 Å². The number of aromatic nitrogens is 1. The second-order valence-electron chi connectivity index (χ2n) is 4.99. The third-order valence-corrected chi connectivity index (χ3v) is 4.15. The van der Waals surface area contributed by atoms with Crippen molar-refractivity contribution in [3.05, 3.63) is 18.3 Å². The smallest absolute Gasteiger partial charge is 0.303 e. The zero-order valence-electron chi connectivity index (χ0n) is 11.7. The molecule has 8 heteroatoms. The lowest BCUT2D eigenvalue weighted by atomic mass is 9.98. The molecule has 7 nitrogen and oxygen atoms in total. The van der Waals surface area contributed by atoms with Crippen LogP contribution in [0.4, 0.5) is 5.82 Å². The van der Waals surface area contributed by atoms with Gasteiger partial charge in [0.25, 0.3) is 0 Å². The summed E-state index contributed by atoms with van der Waals surface area (Å²) in [5.74, 6) is -0.362. The fourth-order valence-corrected chi connectivity index (χ4v) is 2.23. The molecule has 0 fully saturated rings. The number of hydrogen-bond acceptors (Lipinski definition) is 5. The van der Waals surface area contributed by atoms with Gasteiger partial charge in [-0.15, -0.1) is 0 Å². The number of nitrogens with zero attached hydrogens (tertiary/aromatic N) is 1. The molecule has 0 saturated heterocycles. The van der Waals surface area contributed by atoms with Gasteiger partial charge in [0.15, 0.2) is 0 Å². The zero-order valence-corrected chi connectivity index (χ0v) is 12.5. The molecule has 0 unspecified atom stereocenters. The molecular formula is C12H19N3O4S. The summed E-state index contributed by atoms with van der Waals surface area (Å²) in [7, 11) is -2.17. The van der Waals surface area contributed by atoms with Crippen molar-refractivity contribution >= 4 is 21.8 Å². The summed E-state index contributed by atoms with van der Waals surface area (Å²) in [5.41, 5.74) is -0.450. The minimum Gasteiger partial charge on any atom is -0.481 e. The summed E-state index contributed by atoms with van der Waals surface area (Å²) >= 11 is 0. The Morgan fingerprint density at radius 3 is 2.50 bits per heavy atom. The average molecular weight is 301 g/mol. The van der Waals surface area contributed by atoms with Gasteiger partial charge in [0, 0.05) is 18.2 Å². The fourth-order valence-electron chi connectivity index (χ4n) is 1.56. The Bertz CT molecular complexity index is 567. The van der Waals surface area contributed by atoms with Gasteiger partial charge >= 0.3 is 5.97 Å². The number of carboxylic acid groups (broad SMARTS) is 1. The first-order valence-electron chi connectivity index (χ1n) is 6.06. The van der Waals surface area contributed by atoms with Crippen LogP contribution in [0.1, 0.15) is 26.7 Å². The molecule has 1 aromatic heterocycles. The molecule has 1 heterocycles. The minimum absolute atomic E-state index is 0.0478. The van der Waals surface area contributed by atoms with E-state index in [2.05, 4.69) is 15.0 Å². The average Bonchev–Trinajstić information content (AvgIpc) is 2.37. The number of aliphatic carboxylic acids is 1. The Morgan fingerprint density at radius 2 is 2.05 bits per heavy atom. The molecule has 0 saturated carbocycles. The van der Waals surface area contributed by atoms with Crippen LogP contribution in [0.25, 0.3) is 0 Å². The summed E-state index contributed by atoms with van der Waals surface area (Å²) in [6.07, 6.45) is 1.73. The summed E-state index contributed by atoms with van der Waals surface area (Å²) in [4.78, 5) is 14.7. The zero-order chi connectivity index (χ0) is 15.4. The van der Waals surface area contributed by atoms with E-state index in [1.54, 1.807) is 6.07 Å². The largest absolute Gasteiger partial charge is 0.481 e. The fraction of sp³-hybridized carbons (Fsp3) is 0.500. The van der Waals surface area contributed by atoms with Gasteiger partial charge in [0.05, 0.1) is 0 Å². The van der Waals surface area contributed by atoms with Crippen molar-refractivity contribution in [1.29, 1.82) is 0 Å². The Hall–Kier alpha value is -1.67.